The van der Waals surface area contributed by atoms with E-state index in [9.17, 15) is 18.7 Å². The summed E-state index contributed by atoms with van der Waals surface area (Å²) in [7, 11) is 0. The van der Waals surface area contributed by atoms with E-state index in [4.69, 9.17) is 4.74 Å². The van der Waals surface area contributed by atoms with Gasteiger partial charge in [0.15, 0.2) is 0 Å². The summed E-state index contributed by atoms with van der Waals surface area (Å²) in [4.78, 5) is 15.4. The highest BCUT2D eigenvalue weighted by Gasteiger charge is 2.22. The van der Waals surface area contributed by atoms with Crippen molar-refractivity contribution >= 4 is 33.0 Å². The lowest BCUT2D eigenvalue weighted by Crippen LogP contribution is -2.02. The number of hydrogen-bond acceptors (Lipinski definition) is 3. The van der Waals surface area contributed by atoms with E-state index in [-0.39, 0.29) is 17.7 Å². The monoisotopic (exact) mass is 485 g/mol. The Morgan fingerprint density at radius 1 is 1.06 bits per heavy atom. The molecule has 1 aliphatic rings. The lowest BCUT2D eigenvalue weighted by molar-refractivity contribution is 0.0696. The van der Waals surface area contributed by atoms with Gasteiger partial charge in [-0.25, -0.2) is 13.6 Å². The van der Waals surface area contributed by atoms with Crippen LogP contribution in [0.4, 0.5) is 8.78 Å². The Labute approximate surface area is 186 Å². The lowest BCUT2D eigenvalue weighted by Gasteiger charge is -2.15. The van der Waals surface area contributed by atoms with E-state index in [2.05, 4.69) is 20.9 Å². The average Bonchev–Trinajstić information content (AvgIpc) is 3.23. The zero-order valence-electron chi connectivity index (χ0n) is 16.4. The molecule has 4 nitrogen and oxygen atoms in total. The zero-order chi connectivity index (χ0) is 22.0. The Hall–Kier alpha value is -3.06. The summed E-state index contributed by atoms with van der Waals surface area (Å²) >= 11 is 3.50. The zero-order valence-corrected chi connectivity index (χ0v) is 18.0. The van der Waals surface area contributed by atoms with E-state index in [0.717, 1.165) is 52.1 Å². The van der Waals surface area contributed by atoms with E-state index in [1.807, 2.05) is 12.1 Å². The summed E-state index contributed by atoms with van der Waals surface area (Å²) in [6.45, 7) is -0.0422. The Balaban J connectivity index is 1.71. The minimum Gasteiger partial charge on any atom is -0.488 e. The molecule has 4 rings (SSSR count). The molecule has 2 aromatic carbocycles. The third-order valence-corrected chi connectivity index (χ3v) is 5.71. The maximum absolute atomic E-state index is 14.0. The molecule has 3 aromatic rings. The highest BCUT2D eigenvalue weighted by Crippen LogP contribution is 2.43. The van der Waals surface area contributed by atoms with Gasteiger partial charge >= 0.3 is 5.97 Å². The molecule has 0 atom stereocenters. The summed E-state index contributed by atoms with van der Waals surface area (Å²) in [5.74, 6) is -1.74. The van der Waals surface area contributed by atoms with Gasteiger partial charge < -0.3 is 9.84 Å². The summed E-state index contributed by atoms with van der Waals surface area (Å²) in [6, 6.07) is 10.6. The normalized spacial score (nSPS) is 13.5. The van der Waals surface area contributed by atoms with Crippen LogP contribution in [0, 0.1) is 11.6 Å². The van der Waals surface area contributed by atoms with Gasteiger partial charge in [-0.15, -0.1) is 0 Å². The predicted molar refractivity (Wildman–Crippen MR) is 117 cm³/mol. The number of ether oxygens (including phenoxy) is 1. The highest BCUT2D eigenvalue weighted by atomic mass is 79.9. The maximum atomic E-state index is 14.0. The standard InChI is InChI=1S/C24H18BrF2NO3/c25-17-5-7-23(31-13-14-4-6-18(26)10-22(14)27)21(9-17)20-3-1-2-19(20)15-8-16(24(29)30)12-28-11-15/h4-12H,1-3,13H2,(H,29,30). The Morgan fingerprint density at radius 3 is 2.65 bits per heavy atom. The topological polar surface area (TPSA) is 59.4 Å². The quantitative estimate of drug-likeness (QED) is 0.433. The Bertz CT molecular complexity index is 1190. The summed E-state index contributed by atoms with van der Waals surface area (Å²) in [5.41, 5.74) is 4.07. The van der Waals surface area contributed by atoms with Gasteiger partial charge in [0.05, 0.1) is 5.56 Å². The van der Waals surface area contributed by atoms with Crippen LogP contribution in [0.2, 0.25) is 0 Å². The second-order valence-corrected chi connectivity index (χ2v) is 8.16. The molecule has 31 heavy (non-hydrogen) atoms. The fraction of sp³-hybridized carbons (Fsp3) is 0.167. The number of benzene rings is 2. The largest absolute Gasteiger partial charge is 0.488 e. The first-order chi connectivity index (χ1) is 14.9. The van der Waals surface area contributed by atoms with Crippen molar-refractivity contribution in [2.75, 3.05) is 0 Å². The van der Waals surface area contributed by atoms with E-state index < -0.39 is 17.6 Å². The summed E-state index contributed by atoms with van der Waals surface area (Å²) in [6.07, 6.45) is 5.49. The van der Waals surface area contributed by atoms with Crippen molar-refractivity contribution in [2.24, 2.45) is 0 Å². The molecule has 0 saturated heterocycles. The molecule has 0 amide bonds. The number of carboxylic acids is 1. The number of allylic oxidation sites excluding steroid dienone is 2. The Morgan fingerprint density at radius 2 is 1.87 bits per heavy atom. The SMILES string of the molecule is O=C(O)c1cncc(C2=C(c3cc(Br)ccc3OCc3ccc(F)cc3F)CCC2)c1. The van der Waals surface area contributed by atoms with Gasteiger partial charge in [0.1, 0.15) is 24.0 Å². The second kappa shape index (κ2) is 8.98. The van der Waals surface area contributed by atoms with Crippen LogP contribution in [-0.4, -0.2) is 16.1 Å². The van der Waals surface area contributed by atoms with Crippen molar-refractivity contribution < 1.29 is 23.4 Å². The molecule has 7 heteroatoms. The van der Waals surface area contributed by atoms with Gasteiger partial charge in [0, 0.05) is 34.1 Å². The minimum atomic E-state index is -1.03. The molecular weight excluding hydrogens is 468 g/mol. The van der Waals surface area contributed by atoms with Crippen LogP contribution in [0.25, 0.3) is 11.1 Å². The van der Waals surface area contributed by atoms with Crippen molar-refractivity contribution in [3.05, 3.63) is 93.2 Å². The number of nitrogens with zero attached hydrogens (tertiary/aromatic N) is 1. The predicted octanol–water partition coefficient (Wildman–Crippen LogP) is 6.49. The minimum absolute atomic E-state index is 0.0422. The van der Waals surface area contributed by atoms with Crippen LogP contribution in [-0.2, 0) is 6.61 Å². The molecule has 158 valence electrons. The van der Waals surface area contributed by atoms with Crippen molar-refractivity contribution in [2.45, 2.75) is 25.9 Å². The van der Waals surface area contributed by atoms with Crippen LogP contribution < -0.4 is 4.74 Å². The Kier molecular flexibility index (Phi) is 6.13. The fourth-order valence-corrected chi connectivity index (χ4v) is 4.10. The number of carboxylic acid groups (broad SMARTS) is 1. The van der Waals surface area contributed by atoms with Gasteiger partial charge in [-0.1, -0.05) is 15.9 Å². The third kappa shape index (κ3) is 4.66. The molecule has 1 heterocycles. The van der Waals surface area contributed by atoms with Gasteiger partial charge in [-0.2, -0.15) is 0 Å². The molecule has 1 aromatic heterocycles. The van der Waals surface area contributed by atoms with E-state index >= 15 is 0 Å². The molecular formula is C24H18BrF2NO3. The van der Waals surface area contributed by atoms with Gasteiger partial charge in [-0.3, -0.25) is 4.98 Å². The molecule has 0 bridgehead atoms. The first-order valence-electron chi connectivity index (χ1n) is 9.70. The van der Waals surface area contributed by atoms with E-state index in [1.54, 1.807) is 18.3 Å². The second-order valence-electron chi connectivity index (χ2n) is 7.24. The molecule has 0 radical (unpaired) electrons. The van der Waals surface area contributed by atoms with Crippen LogP contribution in [0.5, 0.6) is 5.75 Å². The molecule has 0 spiro atoms. The number of carbonyl (C=O) groups is 1. The van der Waals surface area contributed by atoms with Gasteiger partial charge in [-0.05, 0) is 72.4 Å². The van der Waals surface area contributed by atoms with Crippen LogP contribution in [0.3, 0.4) is 0 Å². The molecule has 0 aliphatic heterocycles. The first-order valence-corrected chi connectivity index (χ1v) is 10.5. The van der Waals surface area contributed by atoms with Crippen LogP contribution in [0.15, 0.2) is 59.3 Å². The van der Waals surface area contributed by atoms with E-state index in [1.165, 1.54) is 18.3 Å². The number of aromatic carboxylic acids is 1. The average molecular weight is 486 g/mol. The molecule has 1 N–H and O–H groups in total. The lowest BCUT2D eigenvalue weighted by atomic mass is 9.96. The number of aromatic nitrogens is 1. The number of halogens is 3. The maximum Gasteiger partial charge on any atom is 0.337 e. The van der Waals surface area contributed by atoms with Crippen molar-refractivity contribution in [3.8, 4) is 5.75 Å². The van der Waals surface area contributed by atoms with Crippen molar-refractivity contribution in [1.82, 2.24) is 4.98 Å². The van der Waals surface area contributed by atoms with Crippen molar-refractivity contribution in [3.63, 3.8) is 0 Å². The van der Waals surface area contributed by atoms with Crippen LogP contribution in [0.1, 0.15) is 46.3 Å². The van der Waals surface area contributed by atoms with Gasteiger partial charge in [0.2, 0.25) is 0 Å². The highest BCUT2D eigenvalue weighted by molar-refractivity contribution is 9.10. The number of rotatable bonds is 6. The third-order valence-electron chi connectivity index (χ3n) is 5.22. The van der Waals surface area contributed by atoms with Crippen molar-refractivity contribution in [1.29, 1.82) is 0 Å². The molecule has 0 saturated carbocycles. The molecule has 1 aliphatic carbocycles. The van der Waals surface area contributed by atoms with Crippen LogP contribution >= 0.6 is 15.9 Å². The summed E-state index contributed by atoms with van der Waals surface area (Å²) < 4.78 is 34.0. The summed E-state index contributed by atoms with van der Waals surface area (Å²) in [5, 5.41) is 9.30. The van der Waals surface area contributed by atoms with E-state index in [0.29, 0.717) is 5.75 Å². The smallest absolute Gasteiger partial charge is 0.337 e. The number of hydrogen-bond donors (Lipinski definition) is 1. The fourth-order valence-electron chi connectivity index (χ4n) is 3.74. The molecule has 0 fully saturated rings. The van der Waals surface area contributed by atoms with Gasteiger partial charge in [0.25, 0.3) is 0 Å². The number of pyridine rings is 1. The molecule has 0 unspecified atom stereocenters. The first kappa shape index (κ1) is 21.2.